The minimum absolute atomic E-state index is 0.339. The first-order chi connectivity index (χ1) is 8.43. The van der Waals surface area contributed by atoms with Gasteiger partial charge in [0.15, 0.2) is 0 Å². The maximum absolute atomic E-state index is 11.2. The van der Waals surface area contributed by atoms with Crippen molar-refractivity contribution in [3.05, 3.63) is 36.4 Å². The normalized spacial score (nSPS) is 10.3. The van der Waals surface area contributed by atoms with Crippen molar-refractivity contribution in [2.45, 2.75) is 6.54 Å². The molecular formula is C12H17BN2O3. The number of anilines is 1. The van der Waals surface area contributed by atoms with Gasteiger partial charge in [-0.05, 0) is 43.3 Å². The Morgan fingerprint density at radius 3 is 2.67 bits per heavy atom. The highest BCUT2D eigenvalue weighted by molar-refractivity contribution is 6.59. The number of nitrogens with zero attached hydrogens (tertiary/aromatic N) is 1. The topological polar surface area (TPSA) is 72.8 Å². The second-order valence-corrected chi connectivity index (χ2v) is 4.22. The Bertz CT molecular complexity index is 447. The monoisotopic (exact) mass is 248 g/mol. The van der Waals surface area contributed by atoms with Gasteiger partial charge < -0.3 is 20.3 Å². The number of carbonyl (C=O) groups is 1. The molecule has 0 aliphatic rings. The van der Waals surface area contributed by atoms with Crippen LogP contribution in [0.4, 0.5) is 5.69 Å². The van der Waals surface area contributed by atoms with Crippen LogP contribution in [0, 0.1) is 0 Å². The van der Waals surface area contributed by atoms with Crippen molar-refractivity contribution >= 4 is 24.2 Å². The van der Waals surface area contributed by atoms with Gasteiger partial charge in [0.1, 0.15) is 0 Å². The molecular weight excluding hydrogens is 231 g/mol. The lowest BCUT2D eigenvalue weighted by atomic mass is 9.76. The summed E-state index contributed by atoms with van der Waals surface area (Å²) in [4.78, 5) is 13.1. The van der Waals surface area contributed by atoms with Crippen LogP contribution in [0.5, 0.6) is 0 Å². The van der Waals surface area contributed by atoms with Gasteiger partial charge >= 0.3 is 7.12 Å². The van der Waals surface area contributed by atoms with E-state index in [1.807, 2.05) is 19.0 Å². The average Bonchev–Trinajstić information content (AvgIpc) is 2.30. The summed E-state index contributed by atoms with van der Waals surface area (Å²) < 4.78 is 0. The zero-order valence-corrected chi connectivity index (χ0v) is 10.6. The summed E-state index contributed by atoms with van der Waals surface area (Å²) in [6.45, 7) is 3.94. The molecule has 0 aliphatic heterocycles. The number of carbonyl (C=O) groups excluding carboxylic acids is 1. The molecule has 0 heterocycles. The van der Waals surface area contributed by atoms with E-state index in [2.05, 4.69) is 11.9 Å². The van der Waals surface area contributed by atoms with E-state index in [1.54, 1.807) is 18.2 Å². The Labute approximate surface area is 107 Å². The SMILES string of the molecule is C=CC(=O)Nc1ccc(CN(C)C)c(B(O)O)c1. The highest BCUT2D eigenvalue weighted by Crippen LogP contribution is 2.09. The molecule has 96 valence electrons. The van der Waals surface area contributed by atoms with Crippen LogP contribution in [0.3, 0.4) is 0 Å². The molecule has 0 unspecified atom stereocenters. The summed E-state index contributed by atoms with van der Waals surface area (Å²) in [6.07, 6.45) is 1.16. The number of amides is 1. The van der Waals surface area contributed by atoms with Crippen molar-refractivity contribution < 1.29 is 14.8 Å². The number of benzene rings is 1. The number of rotatable bonds is 5. The lowest BCUT2D eigenvalue weighted by molar-refractivity contribution is -0.111. The second kappa shape index (κ2) is 6.35. The van der Waals surface area contributed by atoms with Crippen molar-refractivity contribution in [3.8, 4) is 0 Å². The Morgan fingerprint density at radius 1 is 1.50 bits per heavy atom. The van der Waals surface area contributed by atoms with Gasteiger partial charge in [0.25, 0.3) is 0 Å². The smallest absolute Gasteiger partial charge is 0.423 e. The lowest BCUT2D eigenvalue weighted by Crippen LogP contribution is -2.35. The molecule has 1 aromatic rings. The Hall–Kier alpha value is -1.63. The molecule has 3 N–H and O–H groups in total. The van der Waals surface area contributed by atoms with Gasteiger partial charge in [0, 0.05) is 12.2 Å². The summed E-state index contributed by atoms with van der Waals surface area (Å²) in [5.74, 6) is -0.339. The molecule has 0 fully saturated rings. The van der Waals surface area contributed by atoms with E-state index in [9.17, 15) is 14.8 Å². The fraction of sp³-hybridized carbons (Fsp3) is 0.250. The molecule has 0 bridgehead atoms. The summed E-state index contributed by atoms with van der Waals surface area (Å²) in [5.41, 5.74) is 1.68. The first-order valence-corrected chi connectivity index (χ1v) is 5.51. The Kier molecular flexibility index (Phi) is 5.09. The fourth-order valence-corrected chi connectivity index (χ4v) is 1.59. The predicted octanol–water partition coefficient (Wildman–Crippen LogP) is -0.448. The third-order valence-corrected chi connectivity index (χ3v) is 2.36. The van der Waals surface area contributed by atoms with E-state index in [1.165, 1.54) is 0 Å². The van der Waals surface area contributed by atoms with Gasteiger partial charge in [0.05, 0.1) is 0 Å². The van der Waals surface area contributed by atoms with Crippen LogP contribution in [-0.2, 0) is 11.3 Å². The van der Waals surface area contributed by atoms with Crippen LogP contribution >= 0.6 is 0 Å². The molecule has 0 radical (unpaired) electrons. The summed E-state index contributed by atoms with van der Waals surface area (Å²) in [7, 11) is 2.21. The van der Waals surface area contributed by atoms with Crippen molar-refractivity contribution in [1.29, 1.82) is 0 Å². The third kappa shape index (κ3) is 3.99. The second-order valence-electron chi connectivity index (χ2n) is 4.22. The molecule has 0 saturated carbocycles. The highest BCUT2D eigenvalue weighted by Gasteiger charge is 2.17. The van der Waals surface area contributed by atoms with Gasteiger partial charge in [-0.3, -0.25) is 4.79 Å². The van der Waals surface area contributed by atoms with Crippen molar-refractivity contribution in [2.24, 2.45) is 0 Å². The van der Waals surface area contributed by atoms with E-state index < -0.39 is 7.12 Å². The minimum Gasteiger partial charge on any atom is -0.423 e. The fourth-order valence-electron chi connectivity index (χ4n) is 1.59. The van der Waals surface area contributed by atoms with Crippen molar-refractivity contribution in [3.63, 3.8) is 0 Å². The van der Waals surface area contributed by atoms with Crippen molar-refractivity contribution in [1.82, 2.24) is 4.90 Å². The number of hydrogen-bond donors (Lipinski definition) is 3. The summed E-state index contributed by atoms with van der Waals surface area (Å²) in [5, 5.41) is 21.2. The van der Waals surface area contributed by atoms with E-state index in [0.717, 1.165) is 11.6 Å². The molecule has 6 heteroatoms. The molecule has 1 amide bonds. The molecule has 0 aromatic heterocycles. The van der Waals surface area contributed by atoms with Crippen LogP contribution in [0.25, 0.3) is 0 Å². The quantitative estimate of drug-likeness (QED) is 0.487. The Morgan fingerprint density at radius 2 is 2.17 bits per heavy atom. The van der Waals surface area contributed by atoms with Gasteiger partial charge in [-0.1, -0.05) is 12.6 Å². The third-order valence-electron chi connectivity index (χ3n) is 2.36. The first kappa shape index (κ1) is 14.4. The maximum Gasteiger partial charge on any atom is 0.488 e. The largest absolute Gasteiger partial charge is 0.488 e. The van der Waals surface area contributed by atoms with Crippen molar-refractivity contribution in [2.75, 3.05) is 19.4 Å². The highest BCUT2D eigenvalue weighted by atomic mass is 16.4. The molecule has 18 heavy (non-hydrogen) atoms. The molecule has 1 rings (SSSR count). The minimum atomic E-state index is -1.57. The molecule has 0 spiro atoms. The zero-order valence-electron chi connectivity index (χ0n) is 10.6. The van der Waals surface area contributed by atoms with Crippen LogP contribution in [-0.4, -0.2) is 42.1 Å². The first-order valence-electron chi connectivity index (χ1n) is 5.51. The van der Waals surface area contributed by atoms with E-state index >= 15 is 0 Å². The lowest BCUT2D eigenvalue weighted by Gasteiger charge is -2.15. The molecule has 0 aliphatic carbocycles. The Balaban J connectivity index is 3.02. The van der Waals surface area contributed by atoms with Gasteiger partial charge in [0.2, 0.25) is 5.91 Å². The summed E-state index contributed by atoms with van der Waals surface area (Å²) >= 11 is 0. The van der Waals surface area contributed by atoms with Crippen LogP contribution in [0.1, 0.15) is 5.56 Å². The average molecular weight is 248 g/mol. The van der Waals surface area contributed by atoms with E-state index in [0.29, 0.717) is 17.7 Å². The summed E-state index contributed by atoms with van der Waals surface area (Å²) in [6, 6.07) is 5.02. The molecule has 0 saturated heterocycles. The molecule has 0 atom stereocenters. The van der Waals surface area contributed by atoms with Crippen LogP contribution < -0.4 is 10.8 Å². The van der Waals surface area contributed by atoms with E-state index in [4.69, 9.17) is 0 Å². The predicted molar refractivity (Wildman–Crippen MR) is 72.5 cm³/mol. The van der Waals surface area contributed by atoms with Crippen LogP contribution in [0.2, 0.25) is 0 Å². The van der Waals surface area contributed by atoms with Gasteiger partial charge in [-0.2, -0.15) is 0 Å². The van der Waals surface area contributed by atoms with Gasteiger partial charge in [-0.25, -0.2) is 0 Å². The van der Waals surface area contributed by atoms with Gasteiger partial charge in [-0.15, -0.1) is 0 Å². The van der Waals surface area contributed by atoms with Crippen LogP contribution in [0.15, 0.2) is 30.9 Å². The number of hydrogen-bond acceptors (Lipinski definition) is 4. The zero-order chi connectivity index (χ0) is 13.7. The standard InChI is InChI=1S/C12H17BN2O3/c1-4-12(16)14-10-6-5-9(8-15(2)3)11(7-10)13(17)18/h4-7,17-18H,1,8H2,2-3H3,(H,14,16). The maximum atomic E-state index is 11.2. The molecule has 1 aromatic carbocycles. The number of nitrogens with one attached hydrogen (secondary N) is 1. The van der Waals surface area contributed by atoms with E-state index in [-0.39, 0.29) is 5.91 Å². The molecule has 5 nitrogen and oxygen atoms in total.